The van der Waals surface area contributed by atoms with Gasteiger partial charge >= 0.3 is 0 Å². The molecule has 0 aliphatic carbocycles. The summed E-state index contributed by atoms with van der Waals surface area (Å²) in [6.07, 6.45) is 0.889. The molecule has 0 N–H and O–H groups in total. The zero-order valence-corrected chi connectivity index (χ0v) is 13.3. The van der Waals surface area contributed by atoms with Crippen LogP contribution >= 0.6 is 11.5 Å². The van der Waals surface area contributed by atoms with Crippen LogP contribution in [0.4, 0.5) is 0 Å². The van der Waals surface area contributed by atoms with Gasteiger partial charge in [-0.1, -0.05) is 59.1 Å². The van der Waals surface area contributed by atoms with Crippen LogP contribution in [0.5, 0.6) is 0 Å². The number of nitrogens with zero attached hydrogens (tertiary/aromatic N) is 3. The number of rotatable bonds is 2. The molecule has 2 heterocycles. The van der Waals surface area contributed by atoms with Crippen LogP contribution < -0.4 is 0 Å². The van der Waals surface area contributed by atoms with Gasteiger partial charge in [0.25, 0.3) is 5.91 Å². The molecule has 1 aromatic heterocycles. The van der Waals surface area contributed by atoms with Crippen molar-refractivity contribution in [3.8, 4) is 10.4 Å². The summed E-state index contributed by atoms with van der Waals surface area (Å²) in [7, 11) is 0. The third-order valence-corrected chi connectivity index (χ3v) is 4.92. The van der Waals surface area contributed by atoms with E-state index in [2.05, 4.69) is 21.7 Å². The molecule has 114 valence electrons. The molecule has 3 aromatic rings. The van der Waals surface area contributed by atoms with Crippen LogP contribution in [0.15, 0.2) is 54.6 Å². The highest BCUT2D eigenvalue weighted by molar-refractivity contribution is 7.09. The second-order valence-corrected chi connectivity index (χ2v) is 6.32. The van der Waals surface area contributed by atoms with Crippen molar-refractivity contribution in [1.82, 2.24) is 14.5 Å². The van der Waals surface area contributed by atoms with Gasteiger partial charge in [-0.15, -0.1) is 5.10 Å². The molecule has 1 amide bonds. The van der Waals surface area contributed by atoms with Gasteiger partial charge in [0.05, 0.1) is 4.88 Å². The fraction of sp³-hybridized carbons (Fsp3) is 0.167. The summed E-state index contributed by atoms with van der Waals surface area (Å²) in [5, 5.41) is 4.10. The number of hydrogen-bond acceptors (Lipinski definition) is 4. The molecule has 0 saturated carbocycles. The Morgan fingerprint density at radius 1 is 1.00 bits per heavy atom. The number of benzene rings is 2. The Morgan fingerprint density at radius 2 is 1.74 bits per heavy atom. The first kappa shape index (κ1) is 14.1. The van der Waals surface area contributed by atoms with Crippen LogP contribution in [0.3, 0.4) is 0 Å². The van der Waals surface area contributed by atoms with Crippen molar-refractivity contribution in [2.45, 2.75) is 13.0 Å². The normalized spacial score (nSPS) is 13.7. The maximum absolute atomic E-state index is 12.9. The molecule has 0 bridgehead atoms. The van der Waals surface area contributed by atoms with E-state index >= 15 is 0 Å². The van der Waals surface area contributed by atoms with E-state index in [1.807, 2.05) is 47.4 Å². The van der Waals surface area contributed by atoms with E-state index in [0.29, 0.717) is 12.2 Å². The summed E-state index contributed by atoms with van der Waals surface area (Å²) in [6, 6.07) is 18.1. The lowest BCUT2D eigenvalue weighted by Crippen LogP contribution is -2.36. The zero-order valence-electron chi connectivity index (χ0n) is 12.5. The maximum Gasteiger partial charge on any atom is 0.276 e. The summed E-state index contributed by atoms with van der Waals surface area (Å²) in [4.78, 5) is 15.6. The Kier molecular flexibility index (Phi) is 3.63. The van der Waals surface area contributed by atoms with Gasteiger partial charge < -0.3 is 4.90 Å². The van der Waals surface area contributed by atoms with Gasteiger partial charge in [-0.25, -0.2) is 0 Å². The van der Waals surface area contributed by atoms with Crippen molar-refractivity contribution < 1.29 is 4.79 Å². The molecule has 1 aliphatic rings. The standard InChI is InChI=1S/C18H15N3OS/c22-18(21-11-10-13-6-4-5-9-15(13)12-21)16-17(23-20-19-16)14-7-2-1-3-8-14/h1-9H,10-12H2. The molecule has 2 aromatic carbocycles. The minimum absolute atomic E-state index is 0.0351. The highest BCUT2D eigenvalue weighted by Crippen LogP contribution is 2.28. The Bertz CT molecular complexity index is 844. The van der Waals surface area contributed by atoms with Crippen LogP contribution in [0.25, 0.3) is 10.4 Å². The van der Waals surface area contributed by atoms with Crippen molar-refractivity contribution in [2.75, 3.05) is 6.54 Å². The van der Waals surface area contributed by atoms with Crippen molar-refractivity contribution in [2.24, 2.45) is 0 Å². The molecule has 5 heteroatoms. The van der Waals surface area contributed by atoms with Gasteiger partial charge in [0, 0.05) is 13.1 Å². The molecular formula is C18H15N3OS. The maximum atomic E-state index is 12.9. The lowest BCUT2D eigenvalue weighted by Gasteiger charge is -2.28. The van der Waals surface area contributed by atoms with E-state index in [-0.39, 0.29) is 5.91 Å². The Morgan fingerprint density at radius 3 is 2.57 bits per heavy atom. The molecule has 23 heavy (non-hydrogen) atoms. The highest BCUT2D eigenvalue weighted by Gasteiger charge is 2.26. The minimum Gasteiger partial charge on any atom is -0.333 e. The minimum atomic E-state index is -0.0351. The average Bonchev–Trinajstić information content (AvgIpc) is 3.11. The molecule has 0 fully saturated rings. The largest absolute Gasteiger partial charge is 0.333 e. The van der Waals surface area contributed by atoms with Crippen LogP contribution in [-0.4, -0.2) is 26.9 Å². The van der Waals surface area contributed by atoms with Gasteiger partial charge in [-0.3, -0.25) is 4.79 Å². The summed E-state index contributed by atoms with van der Waals surface area (Å²) >= 11 is 1.27. The van der Waals surface area contributed by atoms with Crippen LogP contribution in [0.1, 0.15) is 21.6 Å². The monoisotopic (exact) mass is 321 g/mol. The van der Waals surface area contributed by atoms with Gasteiger partial charge in [0.1, 0.15) is 0 Å². The van der Waals surface area contributed by atoms with Gasteiger partial charge in [0.15, 0.2) is 5.69 Å². The molecule has 0 spiro atoms. The lowest BCUT2D eigenvalue weighted by molar-refractivity contribution is 0.0729. The molecule has 4 rings (SSSR count). The topological polar surface area (TPSA) is 46.1 Å². The molecule has 0 unspecified atom stereocenters. The molecule has 1 aliphatic heterocycles. The van der Waals surface area contributed by atoms with Crippen molar-refractivity contribution >= 4 is 17.4 Å². The number of amides is 1. The van der Waals surface area contributed by atoms with Crippen LogP contribution in [-0.2, 0) is 13.0 Å². The molecule has 0 atom stereocenters. The predicted molar refractivity (Wildman–Crippen MR) is 90.2 cm³/mol. The highest BCUT2D eigenvalue weighted by atomic mass is 32.1. The van der Waals surface area contributed by atoms with E-state index < -0.39 is 0 Å². The number of carbonyl (C=O) groups excluding carboxylic acids is 1. The average molecular weight is 321 g/mol. The van der Waals surface area contributed by atoms with E-state index in [0.717, 1.165) is 23.4 Å². The van der Waals surface area contributed by atoms with Gasteiger partial charge in [0.2, 0.25) is 0 Å². The van der Waals surface area contributed by atoms with Crippen molar-refractivity contribution in [3.63, 3.8) is 0 Å². The lowest BCUT2D eigenvalue weighted by atomic mass is 9.99. The van der Waals surface area contributed by atoms with E-state index in [4.69, 9.17) is 0 Å². The predicted octanol–water partition coefficient (Wildman–Crippen LogP) is 3.40. The fourth-order valence-electron chi connectivity index (χ4n) is 2.93. The fourth-order valence-corrected chi connectivity index (χ4v) is 3.59. The molecule has 0 saturated heterocycles. The van der Waals surface area contributed by atoms with Crippen molar-refractivity contribution in [1.29, 1.82) is 0 Å². The molecule has 0 radical (unpaired) electrons. The van der Waals surface area contributed by atoms with Gasteiger partial charge in [-0.05, 0) is 34.6 Å². The van der Waals surface area contributed by atoms with Crippen molar-refractivity contribution in [3.05, 3.63) is 71.4 Å². The van der Waals surface area contributed by atoms with Crippen LogP contribution in [0, 0.1) is 0 Å². The Balaban J connectivity index is 1.63. The van der Waals surface area contributed by atoms with E-state index in [1.54, 1.807) is 0 Å². The first-order chi connectivity index (χ1) is 11.3. The summed E-state index contributed by atoms with van der Waals surface area (Å²) in [6.45, 7) is 1.36. The quantitative estimate of drug-likeness (QED) is 0.727. The summed E-state index contributed by atoms with van der Waals surface area (Å²) < 4.78 is 4.00. The molecule has 4 nitrogen and oxygen atoms in total. The third kappa shape index (κ3) is 2.64. The summed E-state index contributed by atoms with van der Waals surface area (Å²) in [5.41, 5.74) is 4.00. The first-order valence-electron chi connectivity index (χ1n) is 7.57. The Hall–Kier alpha value is -2.53. The Labute approximate surface area is 138 Å². The zero-order chi connectivity index (χ0) is 15.6. The smallest absolute Gasteiger partial charge is 0.276 e. The SMILES string of the molecule is O=C(c1nnsc1-c1ccccc1)N1CCc2ccccc2C1. The van der Waals surface area contributed by atoms with Gasteiger partial charge in [-0.2, -0.15) is 0 Å². The summed E-state index contributed by atoms with van der Waals surface area (Å²) in [5.74, 6) is -0.0351. The first-order valence-corrected chi connectivity index (χ1v) is 8.34. The number of hydrogen-bond donors (Lipinski definition) is 0. The second-order valence-electron chi connectivity index (χ2n) is 5.56. The van der Waals surface area contributed by atoms with E-state index in [1.165, 1.54) is 22.7 Å². The molecular weight excluding hydrogens is 306 g/mol. The van der Waals surface area contributed by atoms with E-state index in [9.17, 15) is 4.79 Å². The number of aromatic nitrogens is 2. The second kappa shape index (κ2) is 5.93. The van der Waals surface area contributed by atoms with Crippen LogP contribution in [0.2, 0.25) is 0 Å². The third-order valence-electron chi connectivity index (χ3n) is 4.14. The number of fused-ring (bicyclic) bond motifs is 1. The number of carbonyl (C=O) groups is 1.